The Labute approximate surface area is 381 Å². The number of carbonyl (C=O) groups excluding carboxylic acids is 2. The largest absolute Gasteiger partial charge is 0.289 e. The van der Waals surface area contributed by atoms with Crippen molar-refractivity contribution in [3.8, 4) is 34.0 Å². The average molecular weight is 887 g/mol. The molecule has 3 aliphatic rings. The zero-order valence-electron chi connectivity index (χ0n) is 35.4. The third kappa shape index (κ3) is 8.64. The van der Waals surface area contributed by atoms with E-state index < -0.39 is 0 Å². The number of thioether (sulfide) groups is 2. The quantitative estimate of drug-likeness (QED) is 0.0707. The summed E-state index contributed by atoms with van der Waals surface area (Å²) in [6, 6.07) is 26.7. The molecule has 62 heavy (non-hydrogen) atoms. The summed E-state index contributed by atoms with van der Waals surface area (Å²) in [6.07, 6.45) is 13.0. The van der Waals surface area contributed by atoms with E-state index in [9.17, 15) is 30.6 Å². The first kappa shape index (κ1) is 44.6. The van der Waals surface area contributed by atoms with Gasteiger partial charge in [0, 0.05) is 75.6 Å². The lowest BCUT2D eigenvalue weighted by Gasteiger charge is -2.19. The highest BCUT2D eigenvalue weighted by atomic mass is 32.2. The van der Waals surface area contributed by atoms with Crippen LogP contribution in [0.2, 0.25) is 0 Å². The summed E-state index contributed by atoms with van der Waals surface area (Å²) < 4.78 is 1.27. The summed E-state index contributed by atoms with van der Waals surface area (Å²) in [6.45, 7) is 9.06. The molecule has 0 saturated heterocycles. The van der Waals surface area contributed by atoms with Crippen LogP contribution in [0.15, 0.2) is 87.2 Å². The number of fused-ring (bicyclic) bond motifs is 5. The molecule has 2 atom stereocenters. The van der Waals surface area contributed by atoms with Crippen LogP contribution in [0.25, 0.3) is 38.6 Å². The number of thiophene rings is 2. The first-order valence-electron chi connectivity index (χ1n) is 21.3. The minimum absolute atomic E-state index is 0.0948. The van der Waals surface area contributed by atoms with E-state index in [0.717, 1.165) is 73.4 Å². The van der Waals surface area contributed by atoms with Crippen molar-refractivity contribution in [3.05, 3.63) is 130 Å². The van der Waals surface area contributed by atoms with E-state index in [1.54, 1.807) is 59.1 Å². The van der Waals surface area contributed by atoms with Gasteiger partial charge in [-0.1, -0.05) is 115 Å². The second-order valence-electron chi connectivity index (χ2n) is 15.7. The number of hydrogen-bond donors (Lipinski definition) is 0. The predicted molar refractivity (Wildman–Crippen MR) is 259 cm³/mol. The number of rotatable bonds is 16. The average Bonchev–Trinajstić information content (AvgIpc) is 4.08. The minimum atomic E-state index is -0.212. The van der Waals surface area contributed by atoms with Crippen molar-refractivity contribution < 1.29 is 9.59 Å². The SMILES string of the molecule is CCCCC(CC)CSC(SCC(CC)CCCC)=C1c2cc(/C=C3\C(=O)c4ccccc4C3=C(C#N)C#N)sc2-c2sc(/C=C3\C(=O)c4ccccc4C3=C(C#N)C#N)cc21. The molecular weight excluding hydrogens is 841 g/mol. The van der Waals surface area contributed by atoms with E-state index in [4.69, 9.17) is 0 Å². The number of unbranched alkanes of at least 4 members (excludes halogenated alkanes) is 2. The summed E-state index contributed by atoms with van der Waals surface area (Å²) in [5.41, 5.74) is 6.70. The van der Waals surface area contributed by atoms with Crippen LogP contribution in [-0.4, -0.2) is 23.1 Å². The lowest BCUT2D eigenvalue weighted by molar-refractivity contribution is 0.103. The second-order valence-corrected chi connectivity index (χ2v) is 20.2. The van der Waals surface area contributed by atoms with Crippen molar-refractivity contribution in [1.82, 2.24) is 0 Å². The van der Waals surface area contributed by atoms with Gasteiger partial charge in [0.25, 0.3) is 0 Å². The van der Waals surface area contributed by atoms with Gasteiger partial charge >= 0.3 is 0 Å². The van der Waals surface area contributed by atoms with Crippen molar-refractivity contribution >= 4 is 86.6 Å². The van der Waals surface area contributed by atoms with Gasteiger partial charge in [-0.25, -0.2) is 0 Å². The van der Waals surface area contributed by atoms with Crippen molar-refractivity contribution in [1.29, 1.82) is 21.0 Å². The first-order valence-corrected chi connectivity index (χ1v) is 25.0. The fourth-order valence-corrected chi connectivity index (χ4v) is 13.8. The Morgan fingerprint density at radius 1 is 0.581 bits per heavy atom. The van der Waals surface area contributed by atoms with Gasteiger partial charge in [0.05, 0.1) is 9.75 Å². The summed E-state index contributed by atoms with van der Waals surface area (Å²) in [5, 5.41) is 40.0. The monoisotopic (exact) mass is 886 g/mol. The van der Waals surface area contributed by atoms with Gasteiger partial charge in [0.15, 0.2) is 11.6 Å². The Morgan fingerprint density at radius 3 is 1.32 bits per heavy atom. The lowest BCUT2D eigenvalue weighted by atomic mass is 9.99. The highest BCUT2D eigenvalue weighted by Gasteiger charge is 2.36. The molecule has 0 bridgehead atoms. The second kappa shape index (κ2) is 20.2. The van der Waals surface area contributed by atoms with Crippen LogP contribution in [0.3, 0.4) is 0 Å². The van der Waals surface area contributed by atoms with Crippen molar-refractivity contribution in [2.75, 3.05) is 11.5 Å². The Kier molecular flexibility index (Phi) is 14.5. The van der Waals surface area contributed by atoms with Crippen LogP contribution in [-0.2, 0) is 0 Å². The maximum absolute atomic E-state index is 14.0. The maximum atomic E-state index is 14.0. The van der Waals surface area contributed by atoms with Crippen LogP contribution < -0.4 is 0 Å². The zero-order valence-corrected chi connectivity index (χ0v) is 38.7. The molecule has 0 fully saturated rings. The van der Waals surface area contributed by atoms with E-state index in [1.807, 2.05) is 72.1 Å². The Hall–Kier alpha value is -5.46. The molecule has 10 heteroatoms. The smallest absolute Gasteiger partial charge is 0.194 e. The Bertz CT molecular complexity index is 2580. The summed E-state index contributed by atoms with van der Waals surface area (Å²) in [4.78, 5) is 31.8. The van der Waals surface area contributed by atoms with Gasteiger partial charge < -0.3 is 0 Å². The Balaban J connectivity index is 1.42. The standard InChI is InChI=1S/C52H46N4O2S4/c1-5-9-15-31(7-3)29-59-52(60-30-32(8-4)16-10-6-2)47-43-23-35(21-41-45(33(25-53)26-54)37-17-11-13-19-39(37)48(41)57)61-50(43)51-44(47)24-36(62-51)22-42-46(34(27-55)28-56)38-18-12-14-20-40(38)49(42)58/h11-14,17-24,31-32H,5-10,15-16,29-30H2,1-4H3/b41-21-,42-22-. The lowest BCUT2D eigenvalue weighted by Crippen LogP contribution is -2.05. The molecule has 2 unspecified atom stereocenters. The number of allylic oxidation sites excluding steroid dienone is 6. The normalized spacial score (nSPS) is 15.7. The minimum Gasteiger partial charge on any atom is -0.289 e. The van der Waals surface area contributed by atoms with Crippen LogP contribution in [0.1, 0.15) is 132 Å². The fraction of sp³-hybridized carbons (Fsp3) is 0.308. The van der Waals surface area contributed by atoms with Gasteiger partial charge in [-0.05, 0) is 60.1 Å². The van der Waals surface area contributed by atoms with E-state index in [-0.39, 0.29) is 22.7 Å². The van der Waals surface area contributed by atoms with E-state index in [2.05, 4.69) is 39.8 Å². The zero-order chi connectivity index (χ0) is 43.9. The number of carbonyl (C=O) groups is 2. The highest BCUT2D eigenvalue weighted by molar-refractivity contribution is 8.22. The Morgan fingerprint density at radius 2 is 0.968 bits per heavy atom. The van der Waals surface area contributed by atoms with Crippen LogP contribution >= 0.6 is 46.2 Å². The van der Waals surface area contributed by atoms with E-state index in [0.29, 0.717) is 56.4 Å². The molecule has 3 aliphatic carbocycles. The molecule has 2 aromatic heterocycles. The summed E-state index contributed by atoms with van der Waals surface area (Å²) in [5.74, 6) is 2.73. The number of Topliss-reactive ketones (excluding diaryl/α,β-unsaturated/α-hetero) is 2. The van der Waals surface area contributed by atoms with E-state index in [1.165, 1.54) is 29.9 Å². The fourth-order valence-electron chi connectivity index (χ4n) is 8.38. The molecule has 4 aromatic rings. The highest BCUT2D eigenvalue weighted by Crippen LogP contribution is 2.57. The maximum Gasteiger partial charge on any atom is 0.194 e. The third-order valence-electron chi connectivity index (χ3n) is 11.9. The van der Waals surface area contributed by atoms with Gasteiger partial charge in [-0.2, -0.15) is 21.0 Å². The number of benzene rings is 2. The number of nitrogens with zero attached hydrogens (tertiary/aromatic N) is 4. The number of ketones is 2. The summed E-state index contributed by atoms with van der Waals surface area (Å²) in [7, 11) is 0. The van der Waals surface area contributed by atoms with Gasteiger partial charge in [0.1, 0.15) is 35.4 Å². The molecule has 0 radical (unpaired) electrons. The van der Waals surface area contributed by atoms with Gasteiger partial charge in [0.2, 0.25) is 0 Å². The molecule has 6 nitrogen and oxygen atoms in total. The third-order valence-corrected chi connectivity index (χ3v) is 17.1. The van der Waals surface area contributed by atoms with E-state index >= 15 is 0 Å². The molecule has 7 rings (SSSR count). The molecule has 2 aromatic carbocycles. The molecular formula is C52H46N4O2S4. The molecule has 0 amide bonds. The van der Waals surface area contributed by atoms with Crippen molar-refractivity contribution in [3.63, 3.8) is 0 Å². The summed E-state index contributed by atoms with van der Waals surface area (Å²) >= 11 is 7.05. The van der Waals surface area contributed by atoms with Gasteiger partial charge in [-0.3, -0.25) is 9.59 Å². The molecule has 0 aliphatic heterocycles. The van der Waals surface area contributed by atoms with Gasteiger partial charge in [-0.15, -0.1) is 46.2 Å². The number of hydrogen-bond acceptors (Lipinski definition) is 10. The number of nitriles is 4. The van der Waals surface area contributed by atoms with Crippen molar-refractivity contribution in [2.45, 2.75) is 79.1 Å². The first-order chi connectivity index (χ1) is 30.2. The van der Waals surface area contributed by atoms with Crippen LogP contribution in [0.5, 0.6) is 0 Å². The van der Waals surface area contributed by atoms with Crippen LogP contribution in [0.4, 0.5) is 0 Å². The molecule has 0 saturated carbocycles. The predicted octanol–water partition coefficient (Wildman–Crippen LogP) is 14.6. The van der Waals surface area contributed by atoms with Crippen molar-refractivity contribution in [2.24, 2.45) is 11.8 Å². The molecule has 310 valence electrons. The molecule has 0 N–H and O–H groups in total. The molecule has 0 spiro atoms. The topological polar surface area (TPSA) is 129 Å². The molecule has 2 heterocycles. The van der Waals surface area contributed by atoms with Crippen LogP contribution in [0, 0.1) is 57.2 Å².